The Morgan fingerprint density at radius 2 is 1.10 bits per heavy atom. The average molecular weight is 981 g/mol. The molecule has 0 radical (unpaired) electrons. The van der Waals surface area contributed by atoms with Gasteiger partial charge in [-0.05, 0) is 102 Å². The number of fused-ring (bicyclic) bond motifs is 6. The molecule has 0 atom stereocenters. The summed E-state index contributed by atoms with van der Waals surface area (Å²) in [6, 6.07) is 53.7. The van der Waals surface area contributed by atoms with Crippen LogP contribution in [0.3, 0.4) is 0 Å². The Hall–Kier alpha value is -6.32. The second kappa shape index (κ2) is 24.2. The standard InChI is InChI=1S/C26H35O2P.C17H11NO.C12H9BO3.C5H4ClN/c1-28-24-17-10-11-20(19-27)26(24)23-16-8-9-18-25(23)29(21-12-4-2-5-13-21)22-14-6-3-7-15-22;1-2-10-16-12(6-1)13-7-5-8-14(17(13)19-16)15-9-3-4-11-18-15;14-13(15)10-6-3-5-9-8-4-1-2-7-11(8)16-12(9)10;6-5-3-1-2-4-7-5/h8-11,16-18,21-22,27H,2-7,12-15,19H2,1H3;1-11H;1-7,14-15H;1-4H. The zero-order chi connectivity index (χ0) is 48.9. The second-order valence-electron chi connectivity index (χ2n) is 18.0. The molecule has 0 aliphatic heterocycles. The summed E-state index contributed by atoms with van der Waals surface area (Å²) in [6.07, 6.45) is 17.5. The van der Waals surface area contributed by atoms with Crippen LogP contribution < -0.4 is 15.5 Å². The van der Waals surface area contributed by atoms with Crippen LogP contribution in [0.5, 0.6) is 5.75 Å². The third kappa shape index (κ3) is 11.6. The van der Waals surface area contributed by atoms with Crippen molar-refractivity contribution in [2.45, 2.75) is 82.1 Å². The Kier molecular flexibility index (Phi) is 16.9. The van der Waals surface area contributed by atoms with Crippen LogP contribution in [0, 0.1) is 0 Å². The maximum atomic E-state index is 10.1. The van der Waals surface area contributed by atoms with E-state index in [1.165, 1.54) is 69.8 Å². The van der Waals surface area contributed by atoms with E-state index in [4.69, 9.17) is 25.2 Å². The normalized spacial score (nSPS) is 14.1. The number of aliphatic hydroxyl groups excluding tert-OH is 1. The van der Waals surface area contributed by atoms with Gasteiger partial charge in [-0.3, -0.25) is 4.98 Å². The molecule has 2 aliphatic rings. The quantitative estimate of drug-likeness (QED) is 0.0782. The lowest BCUT2D eigenvalue weighted by Gasteiger charge is -2.39. The molecule has 0 unspecified atom stereocenters. The number of methoxy groups -OCH3 is 1. The van der Waals surface area contributed by atoms with E-state index in [0.717, 1.165) is 77.7 Å². The molecule has 8 nitrogen and oxygen atoms in total. The summed E-state index contributed by atoms with van der Waals surface area (Å²) in [7, 11) is 0.0253. The fourth-order valence-corrected chi connectivity index (χ4v) is 14.4. The van der Waals surface area contributed by atoms with Gasteiger partial charge in [0.15, 0.2) is 0 Å². The molecule has 10 aromatic rings. The molecule has 2 aliphatic carbocycles. The highest BCUT2D eigenvalue weighted by molar-refractivity contribution is 7.67. The largest absolute Gasteiger partial charge is 0.496 e. The van der Waals surface area contributed by atoms with Gasteiger partial charge < -0.3 is 28.7 Å². The Morgan fingerprint density at radius 1 is 0.563 bits per heavy atom. The van der Waals surface area contributed by atoms with Crippen molar-refractivity contribution in [2.75, 3.05) is 7.11 Å². The summed E-state index contributed by atoms with van der Waals surface area (Å²) in [6.45, 7) is 0.0473. The van der Waals surface area contributed by atoms with Gasteiger partial charge in [0, 0.05) is 50.5 Å². The molecule has 11 heteroatoms. The summed E-state index contributed by atoms with van der Waals surface area (Å²) in [4.78, 5) is 8.15. The van der Waals surface area contributed by atoms with Crippen LogP contribution in [-0.4, -0.2) is 50.7 Å². The lowest BCUT2D eigenvalue weighted by atomic mass is 9.79. The molecule has 0 saturated heterocycles. The van der Waals surface area contributed by atoms with Gasteiger partial charge in [-0.15, -0.1) is 0 Å². The van der Waals surface area contributed by atoms with Crippen LogP contribution in [0.4, 0.5) is 0 Å². The van der Waals surface area contributed by atoms with Crippen LogP contribution >= 0.6 is 19.5 Å². The second-order valence-corrected chi connectivity index (χ2v) is 21.1. The SMILES string of the molecule is COc1cccc(CO)c1-c1ccccc1P(C1CCCCC1)C1CCCCC1.Clc1ccccn1.OB(O)c1cccc2c1oc1ccccc12.c1ccc(-c2cccc3c2oc2ccccc23)nc1. The van der Waals surface area contributed by atoms with Crippen molar-refractivity contribution in [3.63, 3.8) is 0 Å². The molecule has 6 aromatic carbocycles. The van der Waals surface area contributed by atoms with Gasteiger partial charge in [-0.1, -0.05) is 173 Å². The van der Waals surface area contributed by atoms with E-state index in [0.29, 0.717) is 16.2 Å². The number of hydrogen-bond acceptors (Lipinski definition) is 8. The van der Waals surface area contributed by atoms with Gasteiger partial charge in [-0.2, -0.15) is 0 Å². The molecule has 0 spiro atoms. The highest BCUT2D eigenvalue weighted by Gasteiger charge is 2.34. The first-order valence-electron chi connectivity index (χ1n) is 24.7. The van der Waals surface area contributed by atoms with Gasteiger partial charge >= 0.3 is 7.12 Å². The number of furan rings is 2. The number of hydrogen-bond donors (Lipinski definition) is 3. The zero-order valence-corrected chi connectivity index (χ0v) is 41.7. The van der Waals surface area contributed by atoms with E-state index in [9.17, 15) is 15.2 Å². The van der Waals surface area contributed by atoms with Crippen molar-refractivity contribution in [1.82, 2.24) is 9.97 Å². The van der Waals surface area contributed by atoms with Crippen LogP contribution in [0.1, 0.15) is 69.8 Å². The van der Waals surface area contributed by atoms with Crippen LogP contribution in [0.15, 0.2) is 185 Å². The van der Waals surface area contributed by atoms with Crippen molar-refractivity contribution < 1.29 is 28.7 Å². The van der Waals surface area contributed by atoms with Crippen LogP contribution in [0.25, 0.3) is 66.3 Å². The van der Waals surface area contributed by atoms with Crippen LogP contribution in [-0.2, 0) is 6.61 Å². The maximum Gasteiger partial charge on any atom is 0.492 e. The molecular weight excluding hydrogens is 922 g/mol. The van der Waals surface area contributed by atoms with E-state index in [1.54, 1.807) is 43.0 Å². The number of rotatable bonds is 8. The maximum absolute atomic E-state index is 10.1. The molecule has 0 amide bonds. The summed E-state index contributed by atoms with van der Waals surface area (Å²) in [5, 5.41) is 34.8. The lowest BCUT2D eigenvalue weighted by molar-refractivity contribution is 0.281. The number of halogens is 1. The molecule has 71 heavy (non-hydrogen) atoms. The fourth-order valence-electron chi connectivity index (χ4n) is 10.3. The number of benzene rings is 6. The van der Waals surface area contributed by atoms with E-state index in [-0.39, 0.29) is 14.5 Å². The molecule has 4 heterocycles. The predicted molar refractivity (Wildman–Crippen MR) is 294 cm³/mol. The molecule has 3 N–H and O–H groups in total. The van der Waals surface area contributed by atoms with E-state index < -0.39 is 7.12 Å². The van der Waals surface area contributed by atoms with Gasteiger partial charge in [0.1, 0.15) is 33.2 Å². The average Bonchev–Trinajstić information content (AvgIpc) is 4.01. The highest BCUT2D eigenvalue weighted by Crippen LogP contribution is 2.56. The first kappa shape index (κ1) is 49.7. The van der Waals surface area contributed by atoms with Gasteiger partial charge in [-0.25, -0.2) is 4.98 Å². The first-order valence-corrected chi connectivity index (χ1v) is 26.6. The molecule has 2 saturated carbocycles. The summed E-state index contributed by atoms with van der Waals surface area (Å²) >= 11 is 5.43. The Labute approximate surface area is 422 Å². The third-order valence-corrected chi connectivity index (χ3v) is 17.4. The number of nitrogens with zero attached hydrogens (tertiary/aromatic N) is 2. The smallest absolute Gasteiger partial charge is 0.492 e. The van der Waals surface area contributed by atoms with Gasteiger partial charge in [0.25, 0.3) is 0 Å². The molecular formula is C60H59BClN2O6P. The lowest BCUT2D eigenvalue weighted by Crippen LogP contribution is -2.29. The minimum atomic E-state index is -1.51. The summed E-state index contributed by atoms with van der Waals surface area (Å²) in [5.74, 6) is 0.881. The number of pyridine rings is 2. The highest BCUT2D eigenvalue weighted by atomic mass is 35.5. The van der Waals surface area contributed by atoms with E-state index in [2.05, 4.69) is 46.4 Å². The summed E-state index contributed by atoms with van der Waals surface area (Å²) in [5.41, 5.74) is 10.6. The number of aliphatic hydroxyl groups is 1. The minimum absolute atomic E-state index is 0.0473. The monoisotopic (exact) mass is 980 g/mol. The van der Waals surface area contributed by atoms with Crippen molar-refractivity contribution >= 4 is 81.3 Å². The third-order valence-electron chi connectivity index (χ3n) is 13.6. The predicted octanol–water partition coefficient (Wildman–Crippen LogP) is 14.3. The zero-order valence-electron chi connectivity index (χ0n) is 40.0. The number of para-hydroxylation sites is 4. The van der Waals surface area contributed by atoms with Crippen LogP contribution in [0.2, 0.25) is 5.15 Å². The topological polar surface area (TPSA) is 122 Å². The Balaban J connectivity index is 0.000000128. The van der Waals surface area contributed by atoms with Crippen molar-refractivity contribution in [1.29, 1.82) is 0 Å². The first-order chi connectivity index (χ1) is 34.9. The Bertz CT molecular complexity index is 3240. The molecule has 0 bridgehead atoms. The minimum Gasteiger partial charge on any atom is -0.496 e. The molecule has 2 fully saturated rings. The van der Waals surface area contributed by atoms with E-state index in [1.807, 2.05) is 109 Å². The summed E-state index contributed by atoms with van der Waals surface area (Å²) < 4.78 is 17.4. The number of aromatic nitrogens is 2. The van der Waals surface area contributed by atoms with Crippen molar-refractivity contribution in [3.05, 3.63) is 187 Å². The molecule has 4 aromatic heterocycles. The van der Waals surface area contributed by atoms with E-state index >= 15 is 0 Å². The molecule has 360 valence electrons. The fraction of sp³-hybridized carbons (Fsp3) is 0.233. The Morgan fingerprint density at radius 3 is 1.68 bits per heavy atom. The van der Waals surface area contributed by atoms with Gasteiger partial charge in [0.05, 0.1) is 19.4 Å². The van der Waals surface area contributed by atoms with Crippen molar-refractivity contribution in [3.8, 4) is 28.1 Å². The molecule has 12 rings (SSSR count). The van der Waals surface area contributed by atoms with Gasteiger partial charge in [0.2, 0.25) is 0 Å². The van der Waals surface area contributed by atoms with Crippen molar-refractivity contribution in [2.24, 2.45) is 0 Å². The number of ether oxygens (including phenoxy) is 1.